The lowest BCUT2D eigenvalue weighted by Gasteiger charge is -2.19. The molecule has 0 aliphatic carbocycles. The number of aromatic nitrogens is 3. The maximum absolute atomic E-state index is 14.6. The van der Waals surface area contributed by atoms with Crippen LogP contribution in [0.2, 0.25) is 0 Å². The van der Waals surface area contributed by atoms with Crippen LogP contribution in [0.25, 0.3) is 11.3 Å². The number of nitrogens with zero attached hydrogens (tertiary/aromatic N) is 2. The Hall–Kier alpha value is -5.20. The summed E-state index contributed by atoms with van der Waals surface area (Å²) in [6, 6.07) is 8.49. The summed E-state index contributed by atoms with van der Waals surface area (Å²) in [6.07, 6.45) is 0.597. The van der Waals surface area contributed by atoms with Gasteiger partial charge in [0.25, 0.3) is 5.91 Å². The SMILES string of the molecule is COC(=O)Nc1ccc2c(c1)NC(=O)CCc1nc(ccc1F)CC(NC(=O)c1c(F)cc(C)cc1F)c1ncc-2[nH]1. The third-order valence-corrected chi connectivity index (χ3v) is 6.64. The number of pyridine rings is 1. The summed E-state index contributed by atoms with van der Waals surface area (Å²) in [5.74, 6) is -3.88. The number of aromatic amines is 1. The maximum atomic E-state index is 14.6. The number of hydrogen-bond donors (Lipinski definition) is 4. The van der Waals surface area contributed by atoms with Gasteiger partial charge in [0.2, 0.25) is 5.91 Å². The van der Waals surface area contributed by atoms with E-state index < -0.39 is 47.0 Å². The van der Waals surface area contributed by atoms with Gasteiger partial charge in [0.05, 0.1) is 36.4 Å². The van der Waals surface area contributed by atoms with Crippen LogP contribution in [0.15, 0.2) is 48.7 Å². The van der Waals surface area contributed by atoms with Crippen LogP contribution in [0.4, 0.5) is 29.3 Å². The molecule has 4 bridgehead atoms. The van der Waals surface area contributed by atoms with Crippen molar-refractivity contribution in [2.45, 2.75) is 32.2 Å². The van der Waals surface area contributed by atoms with Crippen LogP contribution in [0.1, 0.15) is 45.6 Å². The number of ether oxygens (including phenoxy) is 1. The quantitative estimate of drug-likeness (QED) is 0.271. The molecule has 2 aromatic carbocycles. The topological polar surface area (TPSA) is 138 Å². The molecule has 0 radical (unpaired) electrons. The Morgan fingerprint density at radius 2 is 1.79 bits per heavy atom. The number of hydrogen-bond acceptors (Lipinski definition) is 6. The number of halogens is 3. The number of H-pyrrole nitrogens is 1. The highest BCUT2D eigenvalue weighted by Crippen LogP contribution is 2.32. The molecule has 13 heteroatoms. The lowest BCUT2D eigenvalue weighted by molar-refractivity contribution is -0.116. The third kappa shape index (κ3) is 6.09. The van der Waals surface area contributed by atoms with Crippen molar-refractivity contribution in [3.8, 4) is 11.3 Å². The number of amides is 3. The van der Waals surface area contributed by atoms with Crippen molar-refractivity contribution < 1.29 is 32.3 Å². The van der Waals surface area contributed by atoms with Gasteiger partial charge in [0.15, 0.2) is 0 Å². The Morgan fingerprint density at radius 1 is 1.02 bits per heavy atom. The molecule has 3 amide bonds. The van der Waals surface area contributed by atoms with Crippen molar-refractivity contribution in [3.63, 3.8) is 0 Å². The number of carbonyl (C=O) groups excluding carboxylic acids is 3. The van der Waals surface area contributed by atoms with Crippen LogP contribution in [0, 0.1) is 24.4 Å². The van der Waals surface area contributed by atoms with E-state index in [2.05, 4.69) is 35.6 Å². The lowest BCUT2D eigenvalue weighted by Crippen LogP contribution is -2.32. The number of carbonyl (C=O) groups is 3. The molecule has 216 valence electrons. The van der Waals surface area contributed by atoms with E-state index in [1.807, 2.05) is 0 Å². The Labute approximate surface area is 237 Å². The molecule has 42 heavy (non-hydrogen) atoms. The first kappa shape index (κ1) is 28.3. The number of benzene rings is 2. The number of imidazole rings is 1. The van der Waals surface area contributed by atoms with E-state index in [-0.39, 0.29) is 30.8 Å². The second-order valence-corrected chi connectivity index (χ2v) is 9.67. The molecule has 0 spiro atoms. The van der Waals surface area contributed by atoms with Crippen LogP contribution >= 0.6 is 0 Å². The normalized spacial score (nSPS) is 14.7. The van der Waals surface area contributed by atoms with Crippen LogP contribution in [-0.2, 0) is 22.4 Å². The molecular formula is C29H25F3N6O4. The largest absolute Gasteiger partial charge is 0.453 e. The second kappa shape index (κ2) is 11.7. The molecule has 4 aromatic rings. The Morgan fingerprint density at radius 3 is 2.52 bits per heavy atom. The van der Waals surface area contributed by atoms with Gasteiger partial charge < -0.3 is 20.4 Å². The molecule has 1 atom stereocenters. The number of rotatable bonds is 3. The predicted octanol–water partition coefficient (Wildman–Crippen LogP) is 4.97. The van der Waals surface area contributed by atoms with E-state index in [1.165, 1.54) is 38.4 Å². The van der Waals surface area contributed by atoms with Gasteiger partial charge >= 0.3 is 6.09 Å². The average molecular weight is 579 g/mol. The highest BCUT2D eigenvalue weighted by atomic mass is 19.1. The fourth-order valence-corrected chi connectivity index (χ4v) is 4.62. The molecule has 0 fully saturated rings. The van der Waals surface area contributed by atoms with Crippen LogP contribution in [-0.4, -0.2) is 40.0 Å². The summed E-state index contributed by atoms with van der Waals surface area (Å²) >= 11 is 0. The molecule has 1 aliphatic rings. The lowest BCUT2D eigenvalue weighted by atomic mass is 10.1. The number of methoxy groups -OCH3 is 1. The Kier molecular flexibility index (Phi) is 7.91. The summed E-state index contributed by atoms with van der Waals surface area (Å²) < 4.78 is 48.5. The zero-order valence-electron chi connectivity index (χ0n) is 22.5. The molecule has 1 unspecified atom stereocenters. The maximum Gasteiger partial charge on any atom is 0.411 e. The van der Waals surface area contributed by atoms with Gasteiger partial charge in [-0.15, -0.1) is 0 Å². The zero-order chi connectivity index (χ0) is 30.0. The van der Waals surface area contributed by atoms with E-state index >= 15 is 0 Å². The van der Waals surface area contributed by atoms with Gasteiger partial charge in [-0.3, -0.25) is 19.9 Å². The van der Waals surface area contributed by atoms with Crippen LogP contribution in [0.5, 0.6) is 0 Å². The fraction of sp³-hybridized carbons (Fsp3) is 0.207. The van der Waals surface area contributed by atoms with Gasteiger partial charge in [-0.25, -0.2) is 22.9 Å². The molecule has 0 saturated heterocycles. The van der Waals surface area contributed by atoms with Crippen molar-refractivity contribution >= 4 is 29.3 Å². The van der Waals surface area contributed by atoms with Crippen molar-refractivity contribution in [2.75, 3.05) is 17.7 Å². The van der Waals surface area contributed by atoms with Gasteiger partial charge in [-0.05, 0) is 55.0 Å². The minimum absolute atomic E-state index is 0.0118. The van der Waals surface area contributed by atoms with E-state index in [4.69, 9.17) is 0 Å². The van der Waals surface area contributed by atoms with Crippen molar-refractivity contribution in [1.82, 2.24) is 20.3 Å². The van der Waals surface area contributed by atoms with Crippen molar-refractivity contribution in [2.24, 2.45) is 0 Å². The minimum atomic E-state index is -1.02. The predicted molar refractivity (Wildman–Crippen MR) is 146 cm³/mol. The molecule has 4 N–H and O–H groups in total. The summed E-state index contributed by atoms with van der Waals surface area (Å²) in [4.78, 5) is 49.5. The number of anilines is 2. The fourth-order valence-electron chi connectivity index (χ4n) is 4.62. The average Bonchev–Trinajstić information content (AvgIpc) is 3.42. The first-order chi connectivity index (χ1) is 20.1. The summed E-state index contributed by atoms with van der Waals surface area (Å²) in [5, 5.41) is 7.92. The van der Waals surface area contributed by atoms with Crippen LogP contribution in [0.3, 0.4) is 0 Å². The van der Waals surface area contributed by atoms with Gasteiger partial charge in [-0.2, -0.15) is 0 Å². The number of aryl methyl sites for hydroxylation is 2. The molecule has 1 aliphatic heterocycles. The van der Waals surface area contributed by atoms with Crippen molar-refractivity contribution in [3.05, 3.63) is 94.5 Å². The molecule has 5 rings (SSSR count). The van der Waals surface area contributed by atoms with Gasteiger partial charge in [0, 0.05) is 36.2 Å². The van der Waals surface area contributed by atoms with E-state index in [0.717, 1.165) is 12.1 Å². The standard InChI is InChI=1S/C29H25F3N6O4/c1-14-9-19(31)26(20(32)10-14)28(40)38-23-12-15-4-6-18(30)21(34-15)7-8-25(39)36-22-11-16(35-29(41)42-2)3-5-17(22)24-13-33-27(23)37-24/h3-6,9-11,13,23H,7-8,12H2,1-2H3,(H,33,37)(H,35,41)(H,36,39)(H,38,40). The molecule has 2 aromatic heterocycles. The highest BCUT2D eigenvalue weighted by Gasteiger charge is 2.26. The van der Waals surface area contributed by atoms with E-state index in [1.54, 1.807) is 12.1 Å². The van der Waals surface area contributed by atoms with E-state index in [0.29, 0.717) is 33.9 Å². The number of fused-ring (bicyclic) bond motifs is 6. The second-order valence-electron chi connectivity index (χ2n) is 9.67. The van der Waals surface area contributed by atoms with Crippen molar-refractivity contribution in [1.29, 1.82) is 0 Å². The summed E-state index contributed by atoms with van der Waals surface area (Å²) in [6.45, 7) is 1.50. The monoisotopic (exact) mass is 578 g/mol. The first-order valence-corrected chi connectivity index (χ1v) is 12.9. The molecule has 3 heterocycles. The summed E-state index contributed by atoms with van der Waals surface area (Å²) in [5.41, 5.74) is 1.49. The highest BCUT2D eigenvalue weighted by molar-refractivity contribution is 5.97. The first-order valence-electron chi connectivity index (χ1n) is 12.9. The molecule has 10 nitrogen and oxygen atoms in total. The summed E-state index contributed by atoms with van der Waals surface area (Å²) in [7, 11) is 1.21. The third-order valence-electron chi connectivity index (χ3n) is 6.64. The van der Waals surface area contributed by atoms with Gasteiger partial charge in [0.1, 0.15) is 28.8 Å². The van der Waals surface area contributed by atoms with Gasteiger partial charge in [-0.1, -0.05) is 0 Å². The molecular weight excluding hydrogens is 553 g/mol. The zero-order valence-corrected chi connectivity index (χ0v) is 22.5. The molecule has 0 saturated carbocycles. The van der Waals surface area contributed by atoms with Crippen LogP contribution < -0.4 is 16.0 Å². The number of nitrogens with one attached hydrogen (secondary N) is 4. The van der Waals surface area contributed by atoms with E-state index in [9.17, 15) is 27.6 Å². The Balaban J connectivity index is 1.58. The smallest absolute Gasteiger partial charge is 0.411 e. The Bertz CT molecular complexity index is 1680. The minimum Gasteiger partial charge on any atom is -0.453 e.